The third-order valence-electron chi connectivity index (χ3n) is 3.92. The molecule has 3 aromatic rings. The third-order valence-corrected chi connectivity index (χ3v) is 4.94. The molecule has 0 radical (unpaired) electrons. The maximum atomic E-state index is 12.3. The van der Waals surface area contributed by atoms with Gasteiger partial charge in [-0.3, -0.25) is 4.79 Å². The molecular formula is C21H22N4O3S. The van der Waals surface area contributed by atoms with Gasteiger partial charge in [0.1, 0.15) is 0 Å². The Labute approximate surface area is 173 Å². The van der Waals surface area contributed by atoms with Crippen LogP contribution in [0.5, 0.6) is 0 Å². The van der Waals surface area contributed by atoms with E-state index in [-0.39, 0.29) is 17.8 Å². The molecule has 0 aliphatic carbocycles. The first-order chi connectivity index (χ1) is 13.9. The first-order valence-electron chi connectivity index (χ1n) is 9.12. The number of esters is 1. The van der Waals surface area contributed by atoms with E-state index in [1.54, 1.807) is 38.1 Å². The molecule has 0 bridgehead atoms. The van der Waals surface area contributed by atoms with E-state index < -0.39 is 5.97 Å². The average Bonchev–Trinajstić information content (AvgIpc) is 3.07. The van der Waals surface area contributed by atoms with Gasteiger partial charge in [0.05, 0.1) is 17.4 Å². The number of rotatable bonds is 7. The number of nitrogens with zero attached hydrogens (tertiary/aromatic N) is 3. The number of amides is 1. The predicted octanol–water partition coefficient (Wildman–Crippen LogP) is 3.78. The van der Waals surface area contributed by atoms with E-state index in [1.165, 1.54) is 11.8 Å². The average molecular weight is 410 g/mol. The molecule has 1 heterocycles. The highest BCUT2D eigenvalue weighted by molar-refractivity contribution is 7.99. The molecule has 0 fully saturated rings. The molecule has 2 aromatic carbocycles. The zero-order chi connectivity index (χ0) is 20.8. The fraction of sp³-hybridized carbons (Fsp3) is 0.238. The predicted molar refractivity (Wildman–Crippen MR) is 113 cm³/mol. The largest absolute Gasteiger partial charge is 0.459 e. The highest BCUT2D eigenvalue weighted by atomic mass is 32.2. The summed E-state index contributed by atoms with van der Waals surface area (Å²) in [5.41, 5.74) is 1.89. The van der Waals surface area contributed by atoms with Crippen LogP contribution in [0.2, 0.25) is 0 Å². The molecule has 0 atom stereocenters. The topological polar surface area (TPSA) is 86.1 Å². The van der Waals surface area contributed by atoms with E-state index in [4.69, 9.17) is 4.74 Å². The fourth-order valence-electron chi connectivity index (χ4n) is 2.61. The Hall–Kier alpha value is -3.13. The van der Waals surface area contributed by atoms with Crippen molar-refractivity contribution in [2.75, 3.05) is 11.1 Å². The molecule has 0 unspecified atom stereocenters. The molecule has 1 amide bonds. The smallest absolute Gasteiger partial charge is 0.338 e. The summed E-state index contributed by atoms with van der Waals surface area (Å²) >= 11 is 1.29. The first-order valence-corrected chi connectivity index (χ1v) is 10.1. The quantitative estimate of drug-likeness (QED) is 0.471. The summed E-state index contributed by atoms with van der Waals surface area (Å²) in [6.07, 6.45) is -0.204. The number of aromatic nitrogens is 3. The van der Waals surface area contributed by atoms with Gasteiger partial charge in [0.15, 0.2) is 11.0 Å². The lowest BCUT2D eigenvalue weighted by Gasteiger charge is -2.10. The van der Waals surface area contributed by atoms with Crippen LogP contribution in [0.25, 0.3) is 11.4 Å². The van der Waals surface area contributed by atoms with E-state index in [1.807, 2.05) is 41.9 Å². The Kier molecular flexibility index (Phi) is 6.66. The molecule has 0 saturated carbocycles. The van der Waals surface area contributed by atoms with Gasteiger partial charge < -0.3 is 14.6 Å². The number of ether oxygens (including phenoxy) is 1. The van der Waals surface area contributed by atoms with Crippen LogP contribution >= 0.6 is 11.8 Å². The summed E-state index contributed by atoms with van der Waals surface area (Å²) in [6, 6.07) is 16.4. The zero-order valence-corrected chi connectivity index (χ0v) is 17.3. The van der Waals surface area contributed by atoms with Crippen LogP contribution in [0.1, 0.15) is 24.2 Å². The highest BCUT2D eigenvalue weighted by Crippen LogP contribution is 2.22. The minimum atomic E-state index is -0.419. The van der Waals surface area contributed by atoms with Gasteiger partial charge in [-0.05, 0) is 32.0 Å². The van der Waals surface area contributed by atoms with Crippen LogP contribution in [0.15, 0.2) is 59.8 Å². The first kappa shape index (κ1) is 20.6. The maximum absolute atomic E-state index is 12.3. The molecule has 1 N–H and O–H groups in total. The molecule has 0 spiro atoms. The number of carbonyl (C=O) groups excluding carboxylic acids is 2. The van der Waals surface area contributed by atoms with Gasteiger partial charge >= 0.3 is 5.97 Å². The van der Waals surface area contributed by atoms with Crippen LogP contribution < -0.4 is 5.32 Å². The Morgan fingerprint density at radius 1 is 1.10 bits per heavy atom. The van der Waals surface area contributed by atoms with E-state index >= 15 is 0 Å². The molecule has 8 heteroatoms. The summed E-state index contributed by atoms with van der Waals surface area (Å²) in [5, 5.41) is 11.8. The Balaban J connectivity index is 1.60. The number of hydrogen-bond donors (Lipinski definition) is 1. The van der Waals surface area contributed by atoms with Crippen molar-refractivity contribution in [1.29, 1.82) is 0 Å². The van der Waals surface area contributed by atoms with Gasteiger partial charge in [0.2, 0.25) is 5.91 Å². The van der Waals surface area contributed by atoms with Gasteiger partial charge in [-0.15, -0.1) is 10.2 Å². The number of thioether (sulfide) groups is 1. The SMILES string of the molecule is CC(C)OC(=O)c1cccc(NC(=O)CSc2nnc(-c3ccccc3)n2C)c1. The summed E-state index contributed by atoms with van der Waals surface area (Å²) < 4.78 is 7.04. The second kappa shape index (κ2) is 9.38. The molecule has 0 aliphatic rings. The standard InChI is InChI=1S/C21H22N4O3S/c1-14(2)28-20(27)16-10-7-11-17(12-16)22-18(26)13-29-21-24-23-19(25(21)3)15-8-5-4-6-9-15/h4-12,14H,13H2,1-3H3,(H,22,26). The molecule has 1 aromatic heterocycles. The van der Waals surface area contributed by atoms with Crippen LogP contribution in [0.4, 0.5) is 5.69 Å². The number of carbonyl (C=O) groups is 2. The van der Waals surface area contributed by atoms with E-state index in [2.05, 4.69) is 15.5 Å². The Morgan fingerprint density at radius 3 is 2.59 bits per heavy atom. The van der Waals surface area contributed by atoms with Gasteiger partial charge in [-0.1, -0.05) is 48.2 Å². The molecular weight excluding hydrogens is 388 g/mol. The molecule has 0 saturated heterocycles. The van der Waals surface area contributed by atoms with Crippen molar-refractivity contribution in [2.24, 2.45) is 7.05 Å². The van der Waals surface area contributed by atoms with Gasteiger partial charge in [-0.2, -0.15) is 0 Å². The van der Waals surface area contributed by atoms with Crippen LogP contribution in [0.3, 0.4) is 0 Å². The van der Waals surface area contributed by atoms with Crippen LogP contribution in [-0.2, 0) is 16.6 Å². The minimum Gasteiger partial charge on any atom is -0.459 e. The molecule has 3 rings (SSSR count). The van der Waals surface area contributed by atoms with Gasteiger partial charge in [-0.25, -0.2) is 4.79 Å². The van der Waals surface area contributed by atoms with Crippen molar-refractivity contribution in [2.45, 2.75) is 25.1 Å². The lowest BCUT2D eigenvalue weighted by molar-refractivity contribution is -0.113. The molecule has 7 nitrogen and oxygen atoms in total. The van der Waals surface area contributed by atoms with Crippen molar-refractivity contribution in [1.82, 2.24) is 14.8 Å². The lowest BCUT2D eigenvalue weighted by atomic mass is 10.2. The number of anilines is 1. The molecule has 0 aliphatic heterocycles. The second-order valence-corrected chi connectivity index (χ2v) is 7.55. The van der Waals surface area contributed by atoms with Gasteiger partial charge in [0.25, 0.3) is 0 Å². The summed E-state index contributed by atoms with van der Waals surface area (Å²) in [5.74, 6) is 0.290. The van der Waals surface area contributed by atoms with Crippen molar-refractivity contribution < 1.29 is 14.3 Å². The Morgan fingerprint density at radius 2 is 1.86 bits per heavy atom. The van der Waals surface area contributed by atoms with Crippen molar-refractivity contribution in [3.8, 4) is 11.4 Å². The van der Waals surface area contributed by atoms with Crippen molar-refractivity contribution >= 4 is 29.3 Å². The third kappa shape index (κ3) is 5.45. The zero-order valence-electron chi connectivity index (χ0n) is 16.5. The highest BCUT2D eigenvalue weighted by Gasteiger charge is 2.14. The van der Waals surface area contributed by atoms with Crippen molar-refractivity contribution in [3.63, 3.8) is 0 Å². The monoisotopic (exact) mass is 410 g/mol. The number of hydrogen-bond acceptors (Lipinski definition) is 6. The fourth-order valence-corrected chi connectivity index (χ4v) is 3.32. The maximum Gasteiger partial charge on any atom is 0.338 e. The molecule has 150 valence electrons. The second-order valence-electron chi connectivity index (χ2n) is 6.60. The van der Waals surface area contributed by atoms with Crippen LogP contribution in [-0.4, -0.2) is 38.5 Å². The van der Waals surface area contributed by atoms with Crippen molar-refractivity contribution in [3.05, 3.63) is 60.2 Å². The summed E-state index contributed by atoms with van der Waals surface area (Å²) in [4.78, 5) is 24.3. The van der Waals surface area contributed by atoms with Gasteiger partial charge in [0, 0.05) is 18.3 Å². The van der Waals surface area contributed by atoms with E-state index in [0.717, 1.165) is 11.4 Å². The van der Waals surface area contributed by atoms with Crippen LogP contribution in [0, 0.1) is 0 Å². The summed E-state index contributed by atoms with van der Waals surface area (Å²) in [7, 11) is 1.87. The van der Waals surface area contributed by atoms with E-state index in [0.29, 0.717) is 16.4 Å². The normalized spacial score (nSPS) is 10.8. The molecule has 29 heavy (non-hydrogen) atoms. The van der Waals surface area contributed by atoms with E-state index in [9.17, 15) is 9.59 Å². The lowest BCUT2D eigenvalue weighted by Crippen LogP contribution is -2.16. The number of benzene rings is 2. The summed E-state index contributed by atoms with van der Waals surface area (Å²) in [6.45, 7) is 3.58. The Bertz CT molecular complexity index is 1000. The number of nitrogens with one attached hydrogen (secondary N) is 1. The minimum absolute atomic E-state index is 0.168.